The van der Waals surface area contributed by atoms with E-state index in [9.17, 15) is 0 Å². The Hall–Kier alpha value is -0.810. The summed E-state index contributed by atoms with van der Waals surface area (Å²) in [5.41, 5.74) is 0.0523. The van der Waals surface area contributed by atoms with Crippen molar-refractivity contribution in [2.24, 2.45) is 4.99 Å². The highest BCUT2D eigenvalue weighted by atomic mass is 15.3. The topological polar surface area (TPSA) is 42.9 Å². The van der Waals surface area contributed by atoms with Gasteiger partial charge in [-0.05, 0) is 47.1 Å². The Morgan fingerprint density at radius 3 is 2.32 bits per heavy atom. The first-order chi connectivity index (χ1) is 10.4. The summed E-state index contributed by atoms with van der Waals surface area (Å²) in [6.45, 7) is 17.9. The summed E-state index contributed by atoms with van der Waals surface area (Å²) in [5.74, 6) is 0.981. The van der Waals surface area contributed by atoms with Gasteiger partial charge in [-0.1, -0.05) is 6.92 Å². The number of rotatable bonds is 5. The Morgan fingerprint density at radius 1 is 1.18 bits per heavy atom. The van der Waals surface area contributed by atoms with E-state index in [0.29, 0.717) is 12.1 Å². The van der Waals surface area contributed by atoms with Crippen molar-refractivity contribution >= 4 is 5.96 Å². The highest BCUT2D eigenvalue weighted by molar-refractivity contribution is 5.81. The van der Waals surface area contributed by atoms with Gasteiger partial charge in [-0.2, -0.15) is 0 Å². The molecule has 2 rings (SSSR count). The van der Waals surface area contributed by atoms with Gasteiger partial charge in [0.2, 0.25) is 0 Å². The van der Waals surface area contributed by atoms with E-state index in [-0.39, 0.29) is 5.54 Å². The smallest absolute Gasteiger partial charge is 0.191 e. The highest BCUT2D eigenvalue weighted by Gasteiger charge is 2.25. The lowest BCUT2D eigenvalue weighted by Crippen LogP contribution is -2.51. The monoisotopic (exact) mass is 309 g/mol. The van der Waals surface area contributed by atoms with E-state index >= 15 is 0 Å². The zero-order chi connectivity index (χ0) is 16.2. The maximum Gasteiger partial charge on any atom is 0.191 e. The van der Waals surface area contributed by atoms with Gasteiger partial charge in [-0.25, -0.2) is 0 Å². The lowest BCUT2D eigenvalue weighted by Gasteiger charge is -2.37. The lowest BCUT2D eigenvalue weighted by molar-refractivity contribution is 0.109. The molecule has 0 unspecified atom stereocenters. The zero-order valence-electron chi connectivity index (χ0n) is 15.2. The van der Waals surface area contributed by atoms with Crippen molar-refractivity contribution in [1.29, 1.82) is 0 Å². The molecule has 0 spiro atoms. The molecular weight excluding hydrogens is 274 g/mol. The average Bonchev–Trinajstić information content (AvgIpc) is 3.27. The number of guanidine groups is 1. The molecule has 0 aromatic carbocycles. The van der Waals surface area contributed by atoms with E-state index in [1.807, 2.05) is 0 Å². The molecule has 0 bridgehead atoms. The van der Waals surface area contributed by atoms with Crippen LogP contribution in [0.5, 0.6) is 0 Å². The Balaban J connectivity index is 1.83. The molecule has 128 valence electrons. The summed E-state index contributed by atoms with van der Waals surface area (Å²) in [5, 5.41) is 7.05. The van der Waals surface area contributed by atoms with Gasteiger partial charge in [0, 0.05) is 43.8 Å². The molecule has 5 nitrogen and oxygen atoms in total. The van der Waals surface area contributed by atoms with Crippen LogP contribution in [0.25, 0.3) is 0 Å². The second-order valence-corrected chi connectivity index (χ2v) is 7.80. The van der Waals surface area contributed by atoms with Crippen LogP contribution in [-0.2, 0) is 0 Å². The quantitative estimate of drug-likeness (QED) is 0.597. The second kappa shape index (κ2) is 7.64. The van der Waals surface area contributed by atoms with E-state index in [1.54, 1.807) is 0 Å². The summed E-state index contributed by atoms with van der Waals surface area (Å²) in [4.78, 5) is 9.94. The fourth-order valence-corrected chi connectivity index (χ4v) is 2.76. The fraction of sp³-hybridized carbons (Fsp3) is 0.941. The van der Waals surface area contributed by atoms with Crippen molar-refractivity contribution in [3.63, 3.8) is 0 Å². The van der Waals surface area contributed by atoms with Crippen LogP contribution in [0.15, 0.2) is 4.99 Å². The third-order valence-corrected chi connectivity index (χ3v) is 4.40. The lowest BCUT2D eigenvalue weighted by atomic mass is 10.1. The van der Waals surface area contributed by atoms with Crippen LogP contribution in [0.4, 0.5) is 0 Å². The summed E-state index contributed by atoms with van der Waals surface area (Å²) in [6.07, 6.45) is 2.55. The molecule has 1 saturated heterocycles. The Kier molecular flexibility index (Phi) is 6.09. The Bertz CT molecular complexity index is 362. The molecule has 1 saturated carbocycles. The molecule has 1 heterocycles. The second-order valence-electron chi connectivity index (χ2n) is 7.80. The molecular formula is C17H35N5. The molecule has 1 aliphatic heterocycles. The van der Waals surface area contributed by atoms with E-state index in [0.717, 1.165) is 12.5 Å². The number of likely N-dealkylation sites (N-methyl/N-ethyl adjacent to an activating group) is 1. The van der Waals surface area contributed by atoms with Crippen molar-refractivity contribution in [3.8, 4) is 0 Å². The van der Waals surface area contributed by atoms with Crippen LogP contribution in [0.2, 0.25) is 0 Å². The van der Waals surface area contributed by atoms with E-state index in [2.05, 4.69) is 55.1 Å². The highest BCUT2D eigenvalue weighted by Crippen LogP contribution is 2.18. The van der Waals surface area contributed by atoms with Crippen molar-refractivity contribution in [1.82, 2.24) is 20.4 Å². The van der Waals surface area contributed by atoms with Gasteiger partial charge in [0.1, 0.15) is 0 Å². The number of hydrogen-bond donors (Lipinski definition) is 2. The average molecular weight is 310 g/mol. The first-order valence-electron chi connectivity index (χ1n) is 8.93. The Labute approximate surface area is 136 Å². The third kappa shape index (κ3) is 6.13. The van der Waals surface area contributed by atoms with Gasteiger partial charge in [0.25, 0.3) is 0 Å². The van der Waals surface area contributed by atoms with E-state index < -0.39 is 0 Å². The predicted molar refractivity (Wildman–Crippen MR) is 94.5 cm³/mol. The molecule has 2 fully saturated rings. The van der Waals surface area contributed by atoms with Crippen molar-refractivity contribution in [3.05, 3.63) is 0 Å². The molecule has 2 aliphatic rings. The maximum absolute atomic E-state index is 4.84. The predicted octanol–water partition coefficient (Wildman–Crippen LogP) is 1.51. The molecule has 22 heavy (non-hydrogen) atoms. The largest absolute Gasteiger partial charge is 0.354 e. The number of hydrogen-bond acceptors (Lipinski definition) is 3. The first kappa shape index (κ1) is 17.5. The van der Waals surface area contributed by atoms with E-state index in [1.165, 1.54) is 45.6 Å². The molecule has 1 aliphatic carbocycles. The maximum atomic E-state index is 4.84. The number of nitrogens with zero attached hydrogens (tertiary/aromatic N) is 3. The molecule has 0 radical (unpaired) electrons. The minimum atomic E-state index is 0.0523. The number of nitrogens with one attached hydrogen (secondary N) is 2. The minimum absolute atomic E-state index is 0.0523. The summed E-state index contributed by atoms with van der Waals surface area (Å²) in [7, 11) is 0. The van der Waals surface area contributed by atoms with Crippen molar-refractivity contribution in [2.45, 2.75) is 65.1 Å². The van der Waals surface area contributed by atoms with Crippen LogP contribution in [-0.4, -0.2) is 72.7 Å². The molecule has 2 N–H and O–H groups in total. The van der Waals surface area contributed by atoms with Gasteiger partial charge in [0.15, 0.2) is 5.96 Å². The third-order valence-electron chi connectivity index (χ3n) is 4.40. The van der Waals surface area contributed by atoms with Crippen LogP contribution in [0, 0.1) is 0 Å². The van der Waals surface area contributed by atoms with Crippen molar-refractivity contribution in [2.75, 3.05) is 39.3 Å². The van der Waals surface area contributed by atoms with Crippen LogP contribution in [0.1, 0.15) is 47.5 Å². The van der Waals surface area contributed by atoms with Crippen LogP contribution >= 0.6 is 0 Å². The molecule has 0 amide bonds. The first-order valence-corrected chi connectivity index (χ1v) is 8.93. The van der Waals surface area contributed by atoms with Gasteiger partial charge >= 0.3 is 0 Å². The summed E-state index contributed by atoms with van der Waals surface area (Å²) in [6, 6.07) is 1.15. The Morgan fingerprint density at radius 2 is 1.82 bits per heavy atom. The zero-order valence-corrected chi connectivity index (χ0v) is 15.2. The molecule has 0 aromatic rings. The van der Waals surface area contributed by atoms with Crippen molar-refractivity contribution < 1.29 is 0 Å². The molecule has 5 heteroatoms. The summed E-state index contributed by atoms with van der Waals surface area (Å²) < 4.78 is 0. The number of piperazine rings is 1. The van der Waals surface area contributed by atoms with Gasteiger partial charge < -0.3 is 15.5 Å². The number of aliphatic imine (C=N–C) groups is 1. The minimum Gasteiger partial charge on any atom is -0.354 e. The summed E-state index contributed by atoms with van der Waals surface area (Å²) >= 11 is 0. The van der Waals surface area contributed by atoms with Gasteiger partial charge in [0.05, 0.1) is 6.54 Å². The fourth-order valence-electron chi connectivity index (χ4n) is 2.76. The normalized spacial score (nSPS) is 23.4. The molecule has 1 atom stereocenters. The standard InChI is InChI=1S/C17H35N5/c1-6-21-9-11-22(12-10-21)14(2)13-18-16(19-15-7-8-15)20-17(3,4)5/h14-15H,6-13H2,1-5H3,(H2,18,19,20)/t14-/m0/s1. The van der Waals surface area contributed by atoms with Crippen LogP contribution < -0.4 is 10.6 Å². The van der Waals surface area contributed by atoms with Gasteiger partial charge in [-0.3, -0.25) is 9.89 Å². The SMILES string of the molecule is CCN1CCN([C@@H](C)CN=C(NC2CC2)NC(C)(C)C)CC1. The van der Waals surface area contributed by atoms with Crippen LogP contribution in [0.3, 0.4) is 0 Å². The van der Waals surface area contributed by atoms with Gasteiger partial charge in [-0.15, -0.1) is 0 Å². The van der Waals surface area contributed by atoms with E-state index in [4.69, 9.17) is 4.99 Å². The molecule has 0 aromatic heterocycles.